The summed E-state index contributed by atoms with van der Waals surface area (Å²) < 4.78 is 31.3. The summed E-state index contributed by atoms with van der Waals surface area (Å²) in [6.45, 7) is 3.92. The maximum atomic E-state index is 12.6. The van der Waals surface area contributed by atoms with Crippen molar-refractivity contribution in [3.63, 3.8) is 0 Å². The Hall–Kier alpha value is -1.87. The zero-order valence-corrected chi connectivity index (χ0v) is 14.2. The van der Waals surface area contributed by atoms with Crippen LogP contribution in [0.15, 0.2) is 21.6 Å². The Morgan fingerprint density at radius 2 is 2.17 bits per heavy atom. The van der Waals surface area contributed by atoms with E-state index >= 15 is 0 Å². The van der Waals surface area contributed by atoms with Gasteiger partial charge in [-0.05, 0) is 27.3 Å². The first kappa shape index (κ1) is 16.0. The molecule has 0 aromatic carbocycles. The summed E-state index contributed by atoms with van der Waals surface area (Å²) in [5.74, 6) is 1.46. The standard InChI is InChI=1S/C14H20N4O4S/c1-10-7-17(9-16(3)12-4-5-23(20,21)8-12)14(19)18(10)13-6-11(2)22-15-13/h6-7,12H,4-5,8-9H2,1-3H3. The second-order valence-corrected chi connectivity index (χ2v) is 8.34. The van der Waals surface area contributed by atoms with Crippen LogP contribution in [-0.2, 0) is 16.5 Å². The fourth-order valence-corrected chi connectivity index (χ4v) is 4.74. The van der Waals surface area contributed by atoms with E-state index in [0.29, 0.717) is 24.7 Å². The van der Waals surface area contributed by atoms with E-state index in [0.717, 1.165) is 5.69 Å². The highest BCUT2D eigenvalue weighted by molar-refractivity contribution is 7.91. The molecule has 3 heterocycles. The first-order valence-electron chi connectivity index (χ1n) is 7.40. The van der Waals surface area contributed by atoms with Crippen LogP contribution in [0.25, 0.3) is 5.82 Å². The van der Waals surface area contributed by atoms with Gasteiger partial charge in [0.25, 0.3) is 0 Å². The third-order valence-corrected chi connectivity index (χ3v) is 5.93. The summed E-state index contributed by atoms with van der Waals surface area (Å²) in [4.78, 5) is 14.5. The lowest BCUT2D eigenvalue weighted by atomic mass is 10.2. The molecule has 1 unspecified atom stereocenters. The van der Waals surface area contributed by atoms with Crippen LogP contribution < -0.4 is 5.69 Å². The molecule has 23 heavy (non-hydrogen) atoms. The highest BCUT2D eigenvalue weighted by Crippen LogP contribution is 2.17. The Balaban J connectivity index is 1.83. The van der Waals surface area contributed by atoms with Gasteiger partial charge in [0, 0.05) is 24.0 Å². The molecule has 126 valence electrons. The van der Waals surface area contributed by atoms with Gasteiger partial charge in [-0.25, -0.2) is 17.8 Å². The van der Waals surface area contributed by atoms with Crippen molar-refractivity contribution >= 4 is 9.84 Å². The van der Waals surface area contributed by atoms with Crippen LogP contribution in [0.1, 0.15) is 17.9 Å². The molecule has 0 saturated carbocycles. The van der Waals surface area contributed by atoms with Crippen molar-refractivity contribution in [3.05, 3.63) is 34.2 Å². The molecule has 2 aromatic rings. The van der Waals surface area contributed by atoms with Crippen molar-refractivity contribution in [3.8, 4) is 5.82 Å². The van der Waals surface area contributed by atoms with Crippen molar-refractivity contribution in [1.82, 2.24) is 19.2 Å². The van der Waals surface area contributed by atoms with Gasteiger partial charge in [0.15, 0.2) is 15.7 Å². The van der Waals surface area contributed by atoms with Crippen molar-refractivity contribution in [2.75, 3.05) is 18.6 Å². The molecular formula is C14H20N4O4S. The predicted molar refractivity (Wildman–Crippen MR) is 84.4 cm³/mol. The molecule has 1 aliphatic rings. The van der Waals surface area contributed by atoms with Crippen LogP contribution in [0, 0.1) is 13.8 Å². The molecule has 0 aliphatic carbocycles. The summed E-state index contributed by atoms with van der Waals surface area (Å²) in [6.07, 6.45) is 2.35. The van der Waals surface area contributed by atoms with E-state index in [1.807, 2.05) is 18.9 Å². The molecule has 0 radical (unpaired) electrons. The summed E-state index contributed by atoms with van der Waals surface area (Å²) in [5.41, 5.74) is 0.527. The summed E-state index contributed by atoms with van der Waals surface area (Å²) in [6, 6.07) is 1.65. The Labute approximate surface area is 134 Å². The first-order chi connectivity index (χ1) is 10.8. The fourth-order valence-electron chi connectivity index (χ4n) is 2.94. The second kappa shape index (κ2) is 5.64. The smallest absolute Gasteiger partial charge is 0.335 e. The fraction of sp³-hybridized carbons (Fsp3) is 0.571. The summed E-state index contributed by atoms with van der Waals surface area (Å²) in [5, 5.41) is 3.88. The topological polar surface area (TPSA) is 90.3 Å². The van der Waals surface area contributed by atoms with Crippen LogP contribution in [0.2, 0.25) is 0 Å². The van der Waals surface area contributed by atoms with Gasteiger partial charge in [-0.1, -0.05) is 5.16 Å². The second-order valence-electron chi connectivity index (χ2n) is 6.11. The summed E-state index contributed by atoms with van der Waals surface area (Å²) >= 11 is 0. The minimum absolute atomic E-state index is 0.0511. The van der Waals surface area contributed by atoms with Crippen LogP contribution in [0.4, 0.5) is 0 Å². The maximum Gasteiger partial charge on any atom is 0.335 e. The average molecular weight is 340 g/mol. The quantitative estimate of drug-likeness (QED) is 0.796. The van der Waals surface area contributed by atoms with Crippen LogP contribution in [0.5, 0.6) is 0 Å². The number of hydrogen-bond acceptors (Lipinski definition) is 6. The minimum Gasteiger partial charge on any atom is -0.360 e. The lowest BCUT2D eigenvalue weighted by Gasteiger charge is -2.22. The van der Waals surface area contributed by atoms with Gasteiger partial charge in [-0.2, -0.15) is 0 Å². The van der Waals surface area contributed by atoms with Gasteiger partial charge < -0.3 is 4.52 Å². The van der Waals surface area contributed by atoms with Crippen molar-refractivity contribution < 1.29 is 12.9 Å². The van der Waals surface area contributed by atoms with Crippen LogP contribution in [-0.4, -0.2) is 52.2 Å². The molecule has 9 heteroatoms. The van der Waals surface area contributed by atoms with Crippen molar-refractivity contribution in [1.29, 1.82) is 0 Å². The molecule has 1 atom stereocenters. The molecule has 0 amide bonds. The summed E-state index contributed by atoms with van der Waals surface area (Å²) in [7, 11) is -1.10. The Bertz CT molecular complexity index is 877. The number of aryl methyl sites for hydroxylation is 2. The highest BCUT2D eigenvalue weighted by atomic mass is 32.2. The van der Waals surface area contributed by atoms with Crippen molar-refractivity contribution in [2.24, 2.45) is 0 Å². The largest absolute Gasteiger partial charge is 0.360 e. The van der Waals surface area contributed by atoms with Crippen LogP contribution >= 0.6 is 0 Å². The zero-order chi connectivity index (χ0) is 16.8. The van der Waals surface area contributed by atoms with Gasteiger partial charge >= 0.3 is 5.69 Å². The van der Waals surface area contributed by atoms with E-state index < -0.39 is 9.84 Å². The third kappa shape index (κ3) is 3.11. The molecule has 2 aromatic heterocycles. The van der Waals surface area contributed by atoms with E-state index in [4.69, 9.17) is 4.52 Å². The van der Waals surface area contributed by atoms with Crippen LogP contribution in [0.3, 0.4) is 0 Å². The number of sulfone groups is 1. The third-order valence-electron chi connectivity index (χ3n) is 4.18. The molecule has 8 nitrogen and oxygen atoms in total. The SMILES string of the molecule is Cc1cc(-n2c(C)cn(CN(C)C3CCS(=O)(=O)C3)c2=O)no1. The number of rotatable bonds is 4. The molecule has 1 saturated heterocycles. The van der Waals surface area contributed by atoms with Gasteiger partial charge in [0.2, 0.25) is 0 Å². The molecule has 0 bridgehead atoms. The van der Waals surface area contributed by atoms with E-state index in [9.17, 15) is 13.2 Å². The average Bonchev–Trinajstić information content (AvgIpc) is 3.10. The first-order valence-corrected chi connectivity index (χ1v) is 9.22. The van der Waals surface area contributed by atoms with Gasteiger partial charge in [-0.3, -0.25) is 9.47 Å². The number of nitrogens with zero attached hydrogens (tertiary/aromatic N) is 4. The zero-order valence-electron chi connectivity index (χ0n) is 13.4. The number of aromatic nitrogens is 3. The van der Waals surface area contributed by atoms with Gasteiger partial charge in [0.1, 0.15) is 5.76 Å². The number of hydrogen-bond donors (Lipinski definition) is 0. The van der Waals surface area contributed by atoms with Crippen molar-refractivity contribution in [2.45, 2.75) is 33.0 Å². The monoisotopic (exact) mass is 340 g/mol. The lowest BCUT2D eigenvalue weighted by molar-refractivity contribution is 0.205. The molecule has 0 N–H and O–H groups in total. The predicted octanol–water partition coefficient (Wildman–Crippen LogP) is 0.320. The highest BCUT2D eigenvalue weighted by Gasteiger charge is 2.31. The Morgan fingerprint density at radius 1 is 1.43 bits per heavy atom. The maximum absolute atomic E-state index is 12.6. The molecule has 1 aliphatic heterocycles. The van der Waals surface area contributed by atoms with Gasteiger partial charge in [-0.15, -0.1) is 0 Å². The van der Waals surface area contributed by atoms with E-state index in [1.165, 1.54) is 4.57 Å². The van der Waals surface area contributed by atoms with E-state index in [-0.39, 0.29) is 23.2 Å². The molecule has 0 spiro atoms. The van der Waals surface area contributed by atoms with E-state index in [1.54, 1.807) is 23.8 Å². The van der Waals surface area contributed by atoms with E-state index in [2.05, 4.69) is 5.16 Å². The Morgan fingerprint density at radius 3 is 2.74 bits per heavy atom. The Kier molecular flexibility index (Phi) is 3.93. The molecule has 3 rings (SSSR count). The molecular weight excluding hydrogens is 320 g/mol. The molecule has 1 fully saturated rings. The number of imidazole rings is 1. The lowest BCUT2D eigenvalue weighted by Crippen LogP contribution is -2.37. The minimum atomic E-state index is -2.94. The van der Waals surface area contributed by atoms with Gasteiger partial charge in [0.05, 0.1) is 18.2 Å². The normalized spacial score (nSPS) is 20.4.